The van der Waals surface area contributed by atoms with Crippen LogP contribution in [-0.4, -0.2) is 12.0 Å². The maximum Gasteiger partial charge on any atom is 0.235 e. The van der Waals surface area contributed by atoms with Gasteiger partial charge in [0.25, 0.3) is 0 Å². The average Bonchev–Trinajstić information content (AvgIpc) is 2.52. The van der Waals surface area contributed by atoms with E-state index in [9.17, 15) is 10.1 Å². The van der Waals surface area contributed by atoms with E-state index in [1.54, 1.807) is 18.2 Å². The second-order valence-corrected chi connectivity index (χ2v) is 5.78. The maximum atomic E-state index is 10.4. The Hall–Kier alpha value is -2.05. The number of hydrogen-bond acceptors (Lipinski definition) is 4. The van der Waals surface area contributed by atoms with Gasteiger partial charge in [0.15, 0.2) is 11.5 Å². The fourth-order valence-electron chi connectivity index (χ4n) is 1.89. The van der Waals surface area contributed by atoms with Crippen molar-refractivity contribution in [2.45, 2.75) is 6.61 Å². The first-order valence-corrected chi connectivity index (χ1v) is 7.74. The summed E-state index contributed by atoms with van der Waals surface area (Å²) in [5.41, 5.74) is 1.47. The van der Waals surface area contributed by atoms with Crippen molar-refractivity contribution in [1.82, 2.24) is 0 Å². The van der Waals surface area contributed by atoms with Gasteiger partial charge in [0, 0.05) is 16.7 Å². The zero-order valence-corrected chi connectivity index (χ0v) is 14.5. The molecular formula is C16H13BrClNO4. The van der Waals surface area contributed by atoms with E-state index < -0.39 is 4.92 Å². The molecule has 7 heteroatoms. The van der Waals surface area contributed by atoms with Gasteiger partial charge in [0.2, 0.25) is 6.20 Å². The standard InChI is InChI=1S/C16H13BrClNO4/c1-22-15-9-11(6-7-19(20)21)8-13(17)16(15)23-10-12-4-2-3-5-14(12)18/h2-9H,10H2,1H3/b7-6+. The number of nitrogens with zero attached hydrogens (tertiary/aromatic N) is 1. The van der Waals surface area contributed by atoms with E-state index in [1.807, 2.05) is 18.2 Å². The highest BCUT2D eigenvalue weighted by Gasteiger charge is 2.12. The zero-order chi connectivity index (χ0) is 16.8. The predicted molar refractivity (Wildman–Crippen MR) is 92.5 cm³/mol. The number of hydrogen-bond donors (Lipinski definition) is 0. The maximum absolute atomic E-state index is 10.4. The summed E-state index contributed by atoms with van der Waals surface area (Å²) in [6.07, 6.45) is 2.25. The van der Waals surface area contributed by atoms with Crippen LogP contribution in [-0.2, 0) is 6.61 Å². The third kappa shape index (κ3) is 4.71. The largest absolute Gasteiger partial charge is 0.493 e. The molecule has 0 bridgehead atoms. The van der Waals surface area contributed by atoms with Crippen LogP contribution in [0.15, 0.2) is 47.1 Å². The fraction of sp³-hybridized carbons (Fsp3) is 0.125. The second kappa shape index (κ2) is 7.99. The van der Waals surface area contributed by atoms with E-state index in [0.29, 0.717) is 26.6 Å². The van der Waals surface area contributed by atoms with Gasteiger partial charge in [0.1, 0.15) is 6.61 Å². The molecule has 120 valence electrons. The number of halogens is 2. The first kappa shape index (κ1) is 17.3. The van der Waals surface area contributed by atoms with Crippen LogP contribution in [0.4, 0.5) is 0 Å². The van der Waals surface area contributed by atoms with Gasteiger partial charge in [-0.1, -0.05) is 29.8 Å². The summed E-state index contributed by atoms with van der Waals surface area (Å²) < 4.78 is 11.7. The smallest absolute Gasteiger partial charge is 0.235 e. The first-order chi connectivity index (χ1) is 11.0. The van der Waals surface area contributed by atoms with Gasteiger partial charge in [-0.2, -0.15) is 0 Å². The summed E-state index contributed by atoms with van der Waals surface area (Å²) in [6, 6.07) is 10.8. The van der Waals surface area contributed by atoms with Crippen molar-refractivity contribution < 1.29 is 14.4 Å². The summed E-state index contributed by atoms with van der Waals surface area (Å²) in [4.78, 5) is 9.88. The molecule has 23 heavy (non-hydrogen) atoms. The molecule has 0 saturated heterocycles. The van der Waals surface area contributed by atoms with E-state index in [1.165, 1.54) is 13.2 Å². The molecule has 0 aliphatic carbocycles. The van der Waals surface area contributed by atoms with E-state index >= 15 is 0 Å². The van der Waals surface area contributed by atoms with Crippen molar-refractivity contribution in [3.63, 3.8) is 0 Å². The van der Waals surface area contributed by atoms with E-state index in [-0.39, 0.29) is 6.61 Å². The highest BCUT2D eigenvalue weighted by atomic mass is 79.9. The molecule has 5 nitrogen and oxygen atoms in total. The Morgan fingerprint density at radius 1 is 1.35 bits per heavy atom. The normalized spacial score (nSPS) is 10.7. The molecule has 0 aliphatic heterocycles. The molecule has 0 amide bonds. The number of ether oxygens (including phenoxy) is 2. The van der Waals surface area contributed by atoms with Crippen molar-refractivity contribution in [3.8, 4) is 11.5 Å². The highest BCUT2D eigenvalue weighted by Crippen LogP contribution is 2.37. The van der Waals surface area contributed by atoms with Crippen molar-refractivity contribution in [2.75, 3.05) is 7.11 Å². The van der Waals surface area contributed by atoms with Crippen molar-refractivity contribution in [3.05, 3.63) is 73.3 Å². The molecule has 0 N–H and O–H groups in total. The molecule has 0 heterocycles. The van der Waals surface area contributed by atoms with Crippen LogP contribution in [0.2, 0.25) is 5.02 Å². The lowest BCUT2D eigenvalue weighted by atomic mass is 10.2. The molecule has 0 saturated carbocycles. The lowest BCUT2D eigenvalue weighted by Crippen LogP contribution is -1.99. The Balaban J connectivity index is 2.24. The van der Waals surface area contributed by atoms with Crippen LogP contribution in [0, 0.1) is 10.1 Å². The summed E-state index contributed by atoms with van der Waals surface area (Å²) in [5.74, 6) is 0.972. The number of methoxy groups -OCH3 is 1. The second-order valence-electron chi connectivity index (χ2n) is 4.52. The van der Waals surface area contributed by atoms with Crippen molar-refractivity contribution in [2.24, 2.45) is 0 Å². The summed E-state index contributed by atoms with van der Waals surface area (Å²) in [7, 11) is 1.51. The topological polar surface area (TPSA) is 61.6 Å². The lowest BCUT2D eigenvalue weighted by molar-refractivity contribution is -0.400. The number of rotatable bonds is 6. The highest BCUT2D eigenvalue weighted by molar-refractivity contribution is 9.10. The molecule has 0 spiro atoms. The molecule has 0 aromatic heterocycles. The Bertz CT molecular complexity index is 749. The van der Waals surface area contributed by atoms with Gasteiger partial charge in [-0.15, -0.1) is 0 Å². The minimum Gasteiger partial charge on any atom is -0.493 e. The summed E-state index contributed by atoms with van der Waals surface area (Å²) in [6.45, 7) is 0.277. The fourth-order valence-corrected chi connectivity index (χ4v) is 2.65. The number of nitro groups is 1. The molecule has 0 unspecified atom stereocenters. The van der Waals surface area contributed by atoms with E-state index in [2.05, 4.69) is 15.9 Å². The van der Waals surface area contributed by atoms with Gasteiger partial charge in [-0.25, -0.2) is 0 Å². The monoisotopic (exact) mass is 397 g/mol. The SMILES string of the molecule is COc1cc(/C=C/[N+](=O)[O-])cc(Br)c1OCc1ccccc1Cl. The van der Waals surface area contributed by atoms with E-state index in [0.717, 1.165) is 11.8 Å². The Morgan fingerprint density at radius 2 is 2.09 bits per heavy atom. The third-order valence-electron chi connectivity index (χ3n) is 2.97. The molecule has 2 aromatic carbocycles. The Morgan fingerprint density at radius 3 is 2.74 bits per heavy atom. The van der Waals surface area contributed by atoms with Crippen molar-refractivity contribution in [1.29, 1.82) is 0 Å². The summed E-state index contributed by atoms with van der Waals surface area (Å²) >= 11 is 9.50. The van der Waals surface area contributed by atoms with Gasteiger partial charge in [-0.05, 0) is 39.7 Å². The molecule has 0 fully saturated rings. The lowest BCUT2D eigenvalue weighted by Gasteiger charge is -2.14. The summed E-state index contributed by atoms with van der Waals surface area (Å²) in [5, 5.41) is 11.0. The van der Waals surface area contributed by atoms with Crippen LogP contribution in [0.1, 0.15) is 11.1 Å². The van der Waals surface area contributed by atoms with Crippen LogP contribution >= 0.6 is 27.5 Å². The van der Waals surface area contributed by atoms with Crippen LogP contribution < -0.4 is 9.47 Å². The van der Waals surface area contributed by atoms with Crippen LogP contribution in [0.5, 0.6) is 11.5 Å². The number of benzene rings is 2. The molecule has 0 aliphatic rings. The Labute approximate surface area is 146 Å². The van der Waals surface area contributed by atoms with E-state index in [4.69, 9.17) is 21.1 Å². The predicted octanol–water partition coefficient (Wildman–Crippen LogP) is 4.94. The molecule has 2 aromatic rings. The van der Waals surface area contributed by atoms with Crippen LogP contribution in [0.25, 0.3) is 6.08 Å². The third-order valence-corrected chi connectivity index (χ3v) is 3.93. The van der Waals surface area contributed by atoms with Gasteiger partial charge in [-0.3, -0.25) is 10.1 Å². The minimum atomic E-state index is -0.526. The first-order valence-electron chi connectivity index (χ1n) is 6.56. The molecule has 0 radical (unpaired) electrons. The molecular weight excluding hydrogens is 386 g/mol. The Kier molecular flexibility index (Phi) is 6.01. The molecule has 0 atom stereocenters. The molecule has 2 rings (SSSR count). The van der Waals surface area contributed by atoms with Crippen LogP contribution in [0.3, 0.4) is 0 Å². The average molecular weight is 399 g/mol. The van der Waals surface area contributed by atoms with Crippen molar-refractivity contribution >= 4 is 33.6 Å². The van der Waals surface area contributed by atoms with Gasteiger partial charge >= 0.3 is 0 Å². The van der Waals surface area contributed by atoms with Gasteiger partial charge in [0.05, 0.1) is 16.5 Å². The quantitative estimate of drug-likeness (QED) is 0.511. The minimum absolute atomic E-state index is 0.277. The zero-order valence-electron chi connectivity index (χ0n) is 12.2. The van der Waals surface area contributed by atoms with Gasteiger partial charge < -0.3 is 9.47 Å².